The van der Waals surface area contributed by atoms with Gasteiger partial charge in [0.05, 0.1) is 23.1 Å². The fourth-order valence-electron chi connectivity index (χ4n) is 3.26. The molecule has 0 N–H and O–H groups in total. The minimum atomic E-state index is -0.362. The molecule has 4 nitrogen and oxygen atoms in total. The average molecular weight is 365 g/mol. The van der Waals surface area contributed by atoms with Crippen LogP contribution in [0.15, 0.2) is 35.2 Å². The van der Waals surface area contributed by atoms with E-state index in [1.807, 2.05) is 24.8 Å². The second-order valence-corrected chi connectivity index (χ2v) is 7.16. The van der Waals surface area contributed by atoms with Crippen LogP contribution in [-0.4, -0.2) is 47.8 Å². The second-order valence-electron chi connectivity index (χ2n) is 6.14. The number of hydrogen-bond donors (Lipinski definition) is 0. The highest BCUT2D eigenvalue weighted by Crippen LogP contribution is 2.41. The third kappa shape index (κ3) is 5.26. The first-order valence-corrected chi connectivity index (χ1v) is 10.3. The summed E-state index contributed by atoms with van der Waals surface area (Å²) in [5.74, 6) is 0.875. The Morgan fingerprint density at radius 1 is 1.44 bits per heavy atom. The summed E-state index contributed by atoms with van der Waals surface area (Å²) in [6.07, 6.45) is 8.72. The summed E-state index contributed by atoms with van der Waals surface area (Å²) in [7, 11) is 0. The highest BCUT2D eigenvalue weighted by Gasteiger charge is 2.43. The van der Waals surface area contributed by atoms with Gasteiger partial charge in [-0.3, -0.25) is 9.79 Å². The number of amides is 1. The number of nitrogens with zero attached hydrogens (tertiary/aromatic N) is 2. The minimum Gasteiger partial charge on any atom is -0.489 e. The third-order valence-electron chi connectivity index (χ3n) is 4.67. The van der Waals surface area contributed by atoms with Gasteiger partial charge in [0, 0.05) is 20.0 Å². The van der Waals surface area contributed by atoms with Gasteiger partial charge in [-0.2, -0.15) is 0 Å². The average Bonchev–Trinajstić information content (AvgIpc) is 2.63. The van der Waals surface area contributed by atoms with E-state index in [4.69, 9.17) is 9.73 Å². The van der Waals surface area contributed by atoms with Crippen molar-refractivity contribution >= 4 is 23.4 Å². The van der Waals surface area contributed by atoms with E-state index in [1.165, 1.54) is 0 Å². The zero-order valence-electron chi connectivity index (χ0n) is 16.3. The molecule has 0 saturated carbocycles. The monoisotopic (exact) mass is 364 g/mol. The molecule has 25 heavy (non-hydrogen) atoms. The lowest BCUT2D eigenvalue weighted by atomic mass is 9.72. The van der Waals surface area contributed by atoms with E-state index in [2.05, 4.69) is 31.6 Å². The molecule has 140 valence electrons. The van der Waals surface area contributed by atoms with Gasteiger partial charge in [-0.1, -0.05) is 25.3 Å². The fraction of sp³-hybridized carbons (Fsp3) is 0.650. The van der Waals surface area contributed by atoms with Gasteiger partial charge in [-0.15, -0.1) is 11.8 Å². The van der Waals surface area contributed by atoms with Crippen molar-refractivity contribution in [2.45, 2.75) is 52.3 Å². The Bertz CT molecular complexity index is 550. The molecule has 0 aliphatic carbocycles. The molecule has 0 aromatic heterocycles. The number of carbonyl (C=O) groups excluding carboxylic acids is 1. The molecule has 0 aromatic carbocycles. The molecule has 1 heterocycles. The van der Waals surface area contributed by atoms with Gasteiger partial charge in [0.25, 0.3) is 0 Å². The van der Waals surface area contributed by atoms with E-state index < -0.39 is 0 Å². The summed E-state index contributed by atoms with van der Waals surface area (Å²) in [6, 6.07) is 0. The summed E-state index contributed by atoms with van der Waals surface area (Å²) < 4.78 is 5.92. The summed E-state index contributed by atoms with van der Waals surface area (Å²) in [6.45, 7) is 13.6. The van der Waals surface area contributed by atoms with Crippen LogP contribution in [0.25, 0.3) is 0 Å². The van der Waals surface area contributed by atoms with Crippen molar-refractivity contribution in [2.75, 3.05) is 26.0 Å². The number of allylic oxidation sites excluding steroid dienone is 3. The highest BCUT2D eigenvalue weighted by molar-refractivity contribution is 7.99. The zero-order valence-corrected chi connectivity index (χ0v) is 17.1. The number of thioether (sulfide) groups is 1. The van der Waals surface area contributed by atoms with Crippen molar-refractivity contribution in [3.8, 4) is 0 Å². The van der Waals surface area contributed by atoms with E-state index in [1.54, 1.807) is 18.7 Å². The number of piperidine rings is 1. The lowest BCUT2D eigenvalue weighted by Crippen LogP contribution is -2.47. The molecule has 1 unspecified atom stereocenters. The Hall–Kier alpha value is -1.45. The van der Waals surface area contributed by atoms with Crippen LogP contribution < -0.4 is 0 Å². The van der Waals surface area contributed by atoms with Crippen molar-refractivity contribution in [1.29, 1.82) is 0 Å². The van der Waals surface area contributed by atoms with Gasteiger partial charge in [-0.05, 0) is 45.4 Å². The van der Waals surface area contributed by atoms with Crippen molar-refractivity contribution in [1.82, 2.24) is 4.90 Å². The van der Waals surface area contributed by atoms with Crippen LogP contribution in [0, 0.1) is 5.41 Å². The quantitative estimate of drug-likeness (QED) is 0.363. The maximum Gasteiger partial charge on any atom is 0.219 e. The van der Waals surface area contributed by atoms with Crippen LogP contribution in [0.1, 0.15) is 47.0 Å². The number of ether oxygens (including phenoxy) is 1. The lowest BCUT2D eigenvalue weighted by Gasteiger charge is -2.42. The Morgan fingerprint density at radius 2 is 2.08 bits per heavy atom. The van der Waals surface area contributed by atoms with Crippen LogP contribution in [0.4, 0.5) is 0 Å². The predicted octanol–water partition coefficient (Wildman–Crippen LogP) is 4.44. The standard InChI is InChI=1S/C20H32N2O2S/c1-7-11-17(21-19(9-3)25-6)20(18(8-2)24-10-4)12-14-22(15-13-20)16(5)23/h7,11,19H,2,9-10,12-15H2,1,3-6H3/b11-7-,21-17+. The molecule has 1 aliphatic rings. The maximum absolute atomic E-state index is 11.8. The molecular formula is C20H32N2O2S. The molecule has 0 radical (unpaired) electrons. The summed E-state index contributed by atoms with van der Waals surface area (Å²) in [4.78, 5) is 18.7. The molecular weight excluding hydrogens is 332 g/mol. The first-order chi connectivity index (χ1) is 12.0. The predicted molar refractivity (Wildman–Crippen MR) is 108 cm³/mol. The van der Waals surface area contributed by atoms with Crippen LogP contribution in [0.2, 0.25) is 0 Å². The van der Waals surface area contributed by atoms with Gasteiger partial charge in [0.2, 0.25) is 5.91 Å². The Labute approximate surface area is 157 Å². The topological polar surface area (TPSA) is 41.9 Å². The molecule has 0 bridgehead atoms. The first kappa shape index (κ1) is 21.6. The van der Waals surface area contributed by atoms with Crippen LogP contribution in [0.5, 0.6) is 0 Å². The van der Waals surface area contributed by atoms with Crippen molar-refractivity contribution in [3.05, 3.63) is 30.2 Å². The molecule has 0 spiro atoms. The molecule has 1 fully saturated rings. The molecule has 1 amide bonds. The SMILES string of the molecule is C=C=C(OCC)C1(C(/C=C\C)=N/C(CC)SC)CCN(C(C)=O)CC1. The molecule has 0 aromatic rings. The third-order valence-corrected chi connectivity index (χ3v) is 5.65. The Morgan fingerprint density at radius 3 is 2.48 bits per heavy atom. The van der Waals surface area contributed by atoms with Crippen molar-refractivity contribution in [3.63, 3.8) is 0 Å². The largest absolute Gasteiger partial charge is 0.489 e. The number of hydrogen-bond acceptors (Lipinski definition) is 4. The lowest BCUT2D eigenvalue weighted by molar-refractivity contribution is -0.130. The number of likely N-dealkylation sites (tertiary alicyclic amines) is 1. The fourth-order valence-corrected chi connectivity index (χ4v) is 3.81. The van der Waals surface area contributed by atoms with Gasteiger partial charge in [0.15, 0.2) is 0 Å². The molecule has 1 aliphatic heterocycles. The second kappa shape index (κ2) is 10.5. The Balaban J connectivity index is 3.38. The molecule has 1 rings (SSSR count). The number of aliphatic imine (C=N–C) groups is 1. The number of carbonyl (C=O) groups is 1. The van der Waals surface area contributed by atoms with E-state index in [0.717, 1.165) is 30.7 Å². The summed E-state index contributed by atoms with van der Waals surface area (Å²) >= 11 is 1.75. The smallest absolute Gasteiger partial charge is 0.219 e. The minimum absolute atomic E-state index is 0.120. The maximum atomic E-state index is 11.8. The molecule has 1 atom stereocenters. The van der Waals surface area contributed by atoms with E-state index >= 15 is 0 Å². The molecule has 5 heteroatoms. The van der Waals surface area contributed by atoms with E-state index in [-0.39, 0.29) is 16.7 Å². The van der Waals surface area contributed by atoms with Gasteiger partial charge in [0.1, 0.15) is 5.76 Å². The zero-order chi connectivity index (χ0) is 18.9. The van der Waals surface area contributed by atoms with Gasteiger partial charge in [-0.25, -0.2) is 0 Å². The highest BCUT2D eigenvalue weighted by atomic mass is 32.2. The van der Waals surface area contributed by atoms with Crippen LogP contribution >= 0.6 is 11.8 Å². The number of rotatable bonds is 8. The summed E-state index contributed by atoms with van der Waals surface area (Å²) in [5.41, 5.74) is 3.68. The van der Waals surface area contributed by atoms with Gasteiger partial charge < -0.3 is 9.64 Å². The van der Waals surface area contributed by atoms with Crippen LogP contribution in [-0.2, 0) is 9.53 Å². The van der Waals surface area contributed by atoms with E-state index in [9.17, 15) is 4.79 Å². The van der Waals surface area contributed by atoms with Crippen molar-refractivity contribution in [2.24, 2.45) is 10.4 Å². The van der Waals surface area contributed by atoms with Gasteiger partial charge >= 0.3 is 0 Å². The van der Waals surface area contributed by atoms with E-state index in [0.29, 0.717) is 19.7 Å². The Kier molecular flexibility index (Phi) is 9.09. The van der Waals surface area contributed by atoms with Crippen LogP contribution in [0.3, 0.4) is 0 Å². The molecule has 1 saturated heterocycles. The first-order valence-electron chi connectivity index (χ1n) is 9.01. The van der Waals surface area contributed by atoms with Crippen molar-refractivity contribution < 1.29 is 9.53 Å². The normalized spacial score (nSPS) is 18.8. The summed E-state index contributed by atoms with van der Waals surface area (Å²) in [5, 5.41) is 0.210.